The molecule has 0 radical (unpaired) electrons. The third-order valence-electron chi connectivity index (χ3n) is 20.2. The van der Waals surface area contributed by atoms with E-state index in [-0.39, 0.29) is 79.6 Å². The molecule has 5 aliphatic rings. The average Bonchev–Trinajstić information content (AvgIpc) is 0.808. The Labute approximate surface area is 563 Å². The molecular formula is C70H131N23. The fourth-order valence-corrected chi connectivity index (χ4v) is 17.8. The third kappa shape index (κ3) is 20.6. The molecule has 3 aromatic heterocycles. The van der Waals surface area contributed by atoms with Gasteiger partial charge in [0, 0.05) is 147 Å². The maximum absolute atomic E-state index is 5.52. The molecule has 0 aromatic carbocycles. The molecule has 8 heterocycles. The van der Waals surface area contributed by atoms with Gasteiger partial charge in [-0.1, -0.05) is 0 Å². The van der Waals surface area contributed by atoms with Crippen molar-refractivity contribution < 1.29 is 0 Å². The summed E-state index contributed by atoms with van der Waals surface area (Å²) in [6, 6.07) is 1.21. The summed E-state index contributed by atoms with van der Waals surface area (Å²) in [5, 5.41) is 26.7. The number of rotatable bonds is 25. The van der Waals surface area contributed by atoms with Crippen molar-refractivity contribution in [2.45, 2.75) is 314 Å². The van der Waals surface area contributed by atoms with Crippen LogP contribution in [0.1, 0.15) is 228 Å². The second kappa shape index (κ2) is 27.6. The van der Waals surface area contributed by atoms with Gasteiger partial charge in [0.25, 0.3) is 0 Å². The van der Waals surface area contributed by atoms with Crippen LogP contribution in [0.25, 0.3) is 0 Å². The third-order valence-corrected chi connectivity index (χ3v) is 20.2. The largest absolute Gasteiger partial charge is 0.354 e. The number of anilines is 8. The minimum atomic E-state index is -0.0642. The highest BCUT2D eigenvalue weighted by Crippen LogP contribution is 2.39. The number of aryl methyl sites for hydroxylation is 1. The summed E-state index contributed by atoms with van der Waals surface area (Å²) in [5.41, 5.74) is -0.422. The normalized spacial score (nSPS) is 23.3. The molecule has 0 aliphatic carbocycles. The van der Waals surface area contributed by atoms with E-state index < -0.39 is 0 Å². The molecular weight excluding hydrogens is 1160 g/mol. The highest BCUT2D eigenvalue weighted by molar-refractivity contribution is 5.49. The van der Waals surface area contributed by atoms with Gasteiger partial charge in [-0.25, -0.2) is 0 Å². The molecule has 3 aromatic rings. The molecule has 5 aliphatic heterocycles. The van der Waals surface area contributed by atoms with Gasteiger partial charge in [-0.2, -0.15) is 44.9 Å². The first-order chi connectivity index (χ1) is 42.7. The van der Waals surface area contributed by atoms with Crippen LogP contribution in [0.15, 0.2) is 0 Å². The molecule has 0 unspecified atom stereocenters. The Hall–Kier alpha value is -4.81. The molecule has 0 saturated carbocycles. The van der Waals surface area contributed by atoms with Gasteiger partial charge in [0.2, 0.25) is 47.6 Å². The molecule has 0 amide bonds. The lowest BCUT2D eigenvalue weighted by Gasteiger charge is -2.49. The standard InChI is InChI=1S/C70H131N23/c1-47-73-53(75-55(74-47)88(23)48-37-61(2,3)82-62(4,5)38-48)71-31-28-33-87(22)34-30-36-93(60-80-58(91(26)51-43-67(14,15)85-68(16,17)44-51)79-59(81-60)92(27)52-45-69(18,19)86-70(20,21)46-52)35-29-32-72-54-76-56(89(24)49-39-63(6,7)83-64(8,9)40-49)78-57(77-54)90(25)50-41-65(10,11)84-66(12,13)42-50/h48-52,82-86H,28-46H2,1-27H3,(H,71,73,74,75)(H,72,76,77,78). The maximum Gasteiger partial charge on any atom is 0.231 e. The summed E-state index contributed by atoms with van der Waals surface area (Å²) in [7, 11) is 13.1. The highest BCUT2D eigenvalue weighted by Gasteiger charge is 2.45. The van der Waals surface area contributed by atoms with Gasteiger partial charge in [-0.3, -0.25) is 0 Å². The molecule has 5 fully saturated rings. The molecule has 8 rings (SSSR count). The zero-order valence-corrected chi connectivity index (χ0v) is 63.5. The first kappa shape index (κ1) is 74.0. The summed E-state index contributed by atoms with van der Waals surface area (Å²) in [4.78, 5) is 63.2. The van der Waals surface area contributed by atoms with Crippen LogP contribution in [-0.2, 0) is 0 Å². The Balaban J connectivity index is 1.05. The summed E-state index contributed by atoms with van der Waals surface area (Å²) in [5.74, 6) is 6.19. The predicted molar refractivity (Wildman–Crippen MR) is 388 cm³/mol. The molecule has 526 valence electrons. The summed E-state index contributed by atoms with van der Waals surface area (Å²) < 4.78 is 0. The van der Waals surface area contributed by atoms with Crippen LogP contribution in [0.2, 0.25) is 0 Å². The Kier molecular flexibility index (Phi) is 22.0. The van der Waals surface area contributed by atoms with E-state index in [9.17, 15) is 0 Å². The molecule has 23 heteroatoms. The smallest absolute Gasteiger partial charge is 0.231 e. The number of piperidine rings is 5. The fourth-order valence-electron chi connectivity index (χ4n) is 17.8. The van der Waals surface area contributed by atoms with Gasteiger partial charge in [0.05, 0.1) is 0 Å². The highest BCUT2D eigenvalue weighted by atomic mass is 15.4. The van der Waals surface area contributed by atoms with E-state index in [1.54, 1.807) is 0 Å². The van der Waals surface area contributed by atoms with E-state index >= 15 is 0 Å². The fraction of sp³-hybridized carbons (Fsp3) is 0.871. The number of nitrogens with one attached hydrogen (secondary N) is 7. The second-order valence-electron chi connectivity index (χ2n) is 36.0. The predicted octanol–water partition coefficient (Wildman–Crippen LogP) is 9.41. The summed E-state index contributed by atoms with van der Waals surface area (Å²) in [6.07, 6.45) is 12.4. The average molecular weight is 1290 g/mol. The Morgan fingerprint density at radius 3 is 0.828 bits per heavy atom. The molecule has 5 saturated heterocycles. The minimum absolute atomic E-state index is 0.0118. The first-order valence-electron chi connectivity index (χ1n) is 35.4. The SMILES string of the molecule is Cc1nc(NCCCN(C)CCCN(CCCNc2nc(N(C)C3CC(C)(C)NC(C)(C)C3)nc(N(C)C3CC(C)(C)NC(C)(C)C3)n2)c2nc(N(C)C3CC(C)(C)NC(C)(C)C3)nc(N(C)C3CC(C)(C)NC(C)(C)C3)n2)nc(N(C)C2CC(C)(C)NC(C)(C)C2)n1. The van der Waals surface area contributed by atoms with Crippen LogP contribution < -0.4 is 66.6 Å². The van der Waals surface area contributed by atoms with Gasteiger partial charge in [0.15, 0.2) is 0 Å². The molecule has 0 spiro atoms. The van der Waals surface area contributed by atoms with Gasteiger partial charge >= 0.3 is 0 Å². The van der Waals surface area contributed by atoms with E-state index in [0.29, 0.717) is 60.8 Å². The van der Waals surface area contributed by atoms with E-state index in [1.807, 2.05) is 6.92 Å². The van der Waals surface area contributed by atoms with E-state index in [2.05, 4.69) is 252 Å². The van der Waals surface area contributed by atoms with Crippen molar-refractivity contribution in [2.24, 2.45) is 0 Å². The van der Waals surface area contributed by atoms with E-state index in [4.69, 9.17) is 44.9 Å². The molecule has 0 bridgehead atoms. The molecule has 0 atom stereocenters. The van der Waals surface area contributed by atoms with Crippen LogP contribution in [0.5, 0.6) is 0 Å². The van der Waals surface area contributed by atoms with Gasteiger partial charge in [0.1, 0.15) is 5.82 Å². The van der Waals surface area contributed by atoms with Crippen LogP contribution in [-0.4, -0.2) is 217 Å². The zero-order chi connectivity index (χ0) is 68.9. The van der Waals surface area contributed by atoms with Crippen LogP contribution >= 0.6 is 0 Å². The van der Waals surface area contributed by atoms with Crippen LogP contribution in [0, 0.1) is 6.92 Å². The van der Waals surface area contributed by atoms with Gasteiger partial charge < -0.3 is 71.5 Å². The molecule has 93 heavy (non-hydrogen) atoms. The molecule has 7 N–H and O–H groups in total. The number of hydrogen-bond acceptors (Lipinski definition) is 23. The monoisotopic (exact) mass is 1290 g/mol. The summed E-state index contributed by atoms with van der Waals surface area (Å²) >= 11 is 0. The van der Waals surface area contributed by atoms with Gasteiger partial charge in [-0.15, -0.1) is 0 Å². The van der Waals surface area contributed by atoms with Crippen LogP contribution in [0.4, 0.5) is 47.6 Å². The van der Waals surface area contributed by atoms with Gasteiger partial charge in [-0.05, 0) is 249 Å². The second-order valence-corrected chi connectivity index (χ2v) is 36.0. The van der Waals surface area contributed by atoms with Crippen molar-refractivity contribution in [3.63, 3.8) is 0 Å². The Bertz CT molecular complexity index is 2770. The number of aromatic nitrogens is 9. The van der Waals surface area contributed by atoms with Crippen molar-refractivity contribution in [2.75, 3.05) is 122 Å². The van der Waals surface area contributed by atoms with Crippen molar-refractivity contribution in [3.05, 3.63) is 5.82 Å². The van der Waals surface area contributed by atoms with Crippen molar-refractivity contribution in [1.29, 1.82) is 0 Å². The Morgan fingerprint density at radius 1 is 0.301 bits per heavy atom. The Morgan fingerprint density at radius 2 is 0.527 bits per heavy atom. The number of hydrogen-bond donors (Lipinski definition) is 7. The summed E-state index contributed by atoms with van der Waals surface area (Å²) in [6.45, 7) is 52.8. The molecule has 23 nitrogen and oxygen atoms in total. The minimum Gasteiger partial charge on any atom is -0.354 e. The van der Waals surface area contributed by atoms with Crippen LogP contribution in [0.3, 0.4) is 0 Å². The van der Waals surface area contributed by atoms with Crippen molar-refractivity contribution >= 4 is 47.6 Å². The zero-order valence-electron chi connectivity index (χ0n) is 63.5. The number of nitrogens with zero attached hydrogens (tertiary/aromatic N) is 16. The van der Waals surface area contributed by atoms with Crippen molar-refractivity contribution in [1.82, 2.24) is 76.3 Å². The van der Waals surface area contributed by atoms with Crippen molar-refractivity contribution in [3.8, 4) is 0 Å². The first-order valence-corrected chi connectivity index (χ1v) is 35.4. The lowest BCUT2D eigenvalue weighted by Crippen LogP contribution is -2.62. The lowest BCUT2D eigenvalue weighted by atomic mass is 9.79. The maximum atomic E-state index is 5.52. The van der Waals surface area contributed by atoms with E-state index in [1.165, 1.54) is 0 Å². The quantitative estimate of drug-likeness (QED) is 0.0393. The van der Waals surface area contributed by atoms with E-state index in [0.717, 1.165) is 121 Å². The topological polar surface area (TPSA) is 223 Å². The lowest BCUT2D eigenvalue weighted by molar-refractivity contribution is 0.159.